The smallest absolute Gasteiger partial charge is 0.229 e. The molecule has 0 aliphatic carbocycles. The highest BCUT2D eigenvalue weighted by Gasteiger charge is 2.21. The highest BCUT2D eigenvalue weighted by molar-refractivity contribution is 6.15. The third kappa shape index (κ3) is 7.61. The summed E-state index contributed by atoms with van der Waals surface area (Å²) in [6, 6.07) is 106. The molecule has 0 fully saturated rings. The van der Waals surface area contributed by atoms with E-state index in [2.05, 4.69) is 279 Å². The van der Waals surface area contributed by atoms with E-state index in [-0.39, 0.29) is 0 Å². The minimum atomic E-state index is 0.652. The van der Waals surface area contributed by atoms with E-state index in [1.165, 1.54) is 98.8 Å². The molecule has 0 N–H and O–H groups in total. The van der Waals surface area contributed by atoms with Gasteiger partial charge in [-0.05, 0) is 144 Å². The Morgan fingerprint density at radius 3 is 1.04 bits per heavy atom. The van der Waals surface area contributed by atoms with Crippen LogP contribution in [0.5, 0.6) is 0 Å². The van der Waals surface area contributed by atoms with Gasteiger partial charge in [-0.2, -0.15) is 4.98 Å². The lowest BCUT2D eigenvalue weighted by atomic mass is 10.0. The van der Waals surface area contributed by atoms with Crippen LogP contribution in [0.4, 0.5) is 0 Å². The predicted molar refractivity (Wildman–Crippen MR) is 371 cm³/mol. The first-order chi connectivity index (χ1) is 44.6. The molecule has 8 heterocycles. The zero-order valence-electron chi connectivity index (χ0n) is 48.4. The molecule has 20 aromatic rings. The highest BCUT2D eigenvalue weighted by Crippen LogP contribution is 2.42. The van der Waals surface area contributed by atoms with E-state index in [4.69, 9.17) is 18.8 Å². The Hall–Kier alpha value is -12.3. The number of aromatic nitrogens is 6. The molecule has 0 saturated carbocycles. The van der Waals surface area contributed by atoms with E-state index in [1.54, 1.807) is 0 Å². The monoisotopic (exact) mass is 1150 g/mol. The van der Waals surface area contributed by atoms with Crippen molar-refractivity contribution in [2.75, 3.05) is 0 Å². The number of furan rings is 2. The van der Waals surface area contributed by atoms with E-state index < -0.39 is 0 Å². The van der Waals surface area contributed by atoms with Crippen molar-refractivity contribution in [3.63, 3.8) is 0 Å². The van der Waals surface area contributed by atoms with Crippen LogP contribution >= 0.6 is 0 Å². The third-order valence-corrected chi connectivity index (χ3v) is 18.3. The summed E-state index contributed by atoms with van der Waals surface area (Å²) < 4.78 is 21.6. The number of rotatable bonds is 6. The number of benzene rings is 12. The average Bonchev–Trinajstić information content (AvgIpc) is 2.09. The first kappa shape index (κ1) is 49.9. The Morgan fingerprint density at radius 2 is 0.578 bits per heavy atom. The lowest BCUT2D eigenvalue weighted by Crippen LogP contribution is -1.96. The quantitative estimate of drug-likeness (QED) is 0.166. The maximum atomic E-state index is 6.23. The van der Waals surface area contributed by atoms with E-state index >= 15 is 0 Å². The fraction of sp³-hybridized carbons (Fsp3) is 0. The summed E-state index contributed by atoms with van der Waals surface area (Å²) in [6.45, 7) is 0. The predicted octanol–water partition coefficient (Wildman–Crippen LogP) is 21.7. The van der Waals surface area contributed by atoms with Crippen molar-refractivity contribution in [3.05, 3.63) is 303 Å². The summed E-state index contributed by atoms with van der Waals surface area (Å²) in [7, 11) is 0. The van der Waals surface area contributed by atoms with Crippen molar-refractivity contribution >= 4 is 131 Å². The average molecular weight is 1150 g/mol. The first-order valence-corrected chi connectivity index (χ1v) is 30.4. The second-order valence-corrected chi connectivity index (χ2v) is 23.3. The third-order valence-electron chi connectivity index (χ3n) is 18.3. The molecular formula is C82H50N6O2. The molecule has 0 aliphatic heterocycles. The number of para-hydroxylation sites is 8. The van der Waals surface area contributed by atoms with Crippen LogP contribution in [-0.4, -0.2) is 28.2 Å². The van der Waals surface area contributed by atoms with Crippen LogP contribution in [0.15, 0.2) is 312 Å². The summed E-state index contributed by atoms with van der Waals surface area (Å²) in [5, 5.41) is 14.0. The van der Waals surface area contributed by atoms with Crippen molar-refractivity contribution in [3.8, 4) is 45.3 Å². The van der Waals surface area contributed by atoms with Gasteiger partial charge in [-0.25, -0.2) is 4.98 Å². The molecule has 8 aromatic heterocycles. The number of nitrogens with zero attached hydrogens (tertiary/aromatic N) is 6. The van der Waals surface area contributed by atoms with Crippen molar-refractivity contribution in [2.45, 2.75) is 0 Å². The maximum absolute atomic E-state index is 6.23. The Labute approximate surface area is 514 Å². The van der Waals surface area contributed by atoms with E-state index in [0.29, 0.717) is 5.71 Å². The highest BCUT2D eigenvalue weighted by atomic mass is 16.3. The first-order valence-electron chi connectivity index (χ1n) is 30.4. The van der Waals surface area contributed by atoms with Gasteiger partial charge in [0.25, 0.3) is 0 Å². The number of fused-ring (bicyclic) bond motifs is 18. The van der Waals surface area contributed by atoms with Crippen LogP contribution in [0.1, 0.15) is 0 Å². The van der Waals surface area contributed by atoms with Crippen LogP contribution in [0, 0.1) is 0 Å². The second kappa shape index (κ2) is 19.6. The molecule has 0 atom stereocenters. The van der Waals surface area contributed by atoms with Gasteiger partial charge in [0, 0.05) is 88.3 Å². The van der Waals surface area contributed by atoms with Gasteiger partial charge in [0.15, 0.2) is 0 Å². The largest absolute Gasteiger partial charge is 0.456 e. The standard InChI is InChI=1S/2C41H25N3O/c1-2-10-28(11-3-1)43-35-15-7-4-12-29(35)33-24-26(18-21-37(33)43)27-19-22-38-34(25-27)30-13-5-8-16-36(30)44(38)40-23-20-32-31-14-6-9-17-39(31)45-41(32)42-40;1-2-10-28(11-3-1)43-35-15-7-4-12-29(35)32-22-26(18-20-37(32)43)27-19-21-38-33(23-27)30-13-5-8-16-36(30)44(38)41-24-40-34(25-42-41)31-14-6-9-17-39(31)45-40/h2*1-25H. The molecule has 420 valence electrons. The molecule has 0 spiro atoms. The van der Waals surface area contributed by atoms with Crippen LogP contribution < -0.4 is 0 Å². The van der Waals surface area contributed by atoms with Crippen molar-refractivity contribution < 1.29 is 8.83 Å². The molecular weight excluding hydrogens is 1100 g/mol. The Balaban J connectivity index is 0.000000130. The Bertz CT molecular complexity index is 5910. The Morgan fingerprint density at radius 1 is 0.222 bits per heavy atom. The summed E-state index contributed by atoms with van der Waals surface area (Å²) in [6.07, 6.45) is 1.94. The van der Waals surface area contributed by atoms with E-state index in [0.717, 1.165) is 72.0 Å². The van der Waals surface area contributed by atoms with Gasteiger partial charge in [0.05, 0.1) is 44.1 Å². The fourth-order valence-corrected chi connectivity index (χ4v) is 14.3. The second-order valence-electron chi connectivity index (χ2n) is 23.3. The van der Waals surface area contributed by atoms with Gasteiger partial charge in [0.1, 0.15) is 28.4 Å². The van der Waals surface area contributed by atoms with Crippen LogP contribution in [0.3, 0.4) is 0 Å². The summed E-state index contributed by atoms with van der Waals surface area (Å²) >= 11 is 0. The van der Waals surface area contributed by atoms with E-state index in [1.807, 2.05) is 42.6 Å². The van der Waals surface area contributed by atoms with E-state index in [9.17, 15) is 0 Å². The summed E-state index contributed by atoms with van der Waals surface area (Å²) in [5.74, 6) is 1.69. The molecule has 8 nitrogen and oxygen atoms in total. The zero-order valence-corrected chi connectivity index (χ0v) is 48.4. The minimum Gasteiger partial charge on any atom is -0.456 e. The normalized spacial score (nSPS) is 12.0. The summed E-state index contributed by atoms with van der Waals surface area (Å²) in [4.78, 5) is 9.96. The number of hydrogen-bond donors (Lipinski definition) is 0. The summed E-state index contributed by atoms with van der Waals surface area (Å²) in [5.41, 5.74) is 19.6. The molecule has 0 saturated heterocycles. The maximum Gasteiger partial charge on any atom is 0.229 e. The minimum absolute atomic E-state index is 0.652. The molecule has 0 unspecified atom stereocenters. The topological polar surface area (TPSA) is 71.8 Å². The van der Waals surface area contributed by atoms with Crippen LogP contribution in [-0.2, 0) is 0 Å². The molecule has 90 heavy (non-hydrogen) atoms. The molecule has 20 rings (SSSR count). The van der Waals surface area contributed by atoms with Gasteiger partial charge in [-0.15, -0.1) is 0 Å². The Kier molecular flexibility index (Phi) is 10.9. The molecule has 0 radical (unpaired) electrons. The fourth-order valence-electron chi connectivity index (χ4n) is 14.3. The number of hydrogen-bond acceptors (Lipinski definition) is 4. The van der Waals surface area contributed by atoms with Crippen LogP contribution in [0.25, 0.3) is 176 Å². The molecule has 8 heteroatoms. The lowest BCUT2D eigenvalue weighted by Gasteiger charge is -2.09. The van der Waals surface area contributed by atoms with Gasteiger partial charge in [0.2, 0.25) is 5.71 Å². The van der Waals surface area contributed by atoms with Crippen molar-refractivity contribution in [1.82, 2.24) is 28.2 Å². The molecule has 0 bridgehead atoms. The molecule has 12 aromatic carbocycles. The van der Waals surface area contributed by atoms with Gasteiger partial charge >= 0.3 is 0 Å². The molecule has 0 aliphatic rings. The SMILES string of the molecule is c1ccc(-n2c3ccccc3c3cc(-c4ccc5c(c4)c4ccccc4n5-c4cc5oc6ccccc6c5cn4)ccc32)cc1.c1ccc(-n2c3ccccc3c3cc(-c4ccc5c(c4)c4ccccc4n5-c4ccc5c(n4)oc4ccccc45)ccc32)cc1. The number of pyridine rings is 2. The zero-order chi connectivity index (χ0) is 59.0. The van der Waals surface area contributed by atoms with Crippen molar-refractivity contribution in [2.24, 2.45) is 0 Å². The molecule has 0 amide bonds. The lowest BCUT2D eigenvalue weighted by molar-refractivity contribution is 0.653. The van der Waals surface area contributed by atoms with Crippen LogP contribution in [0.2, 0.25) is 0 Å². The van der Waals surface area contributed by atoms with Gasteiger partial charge in [-0.3, -0.25) is 9.13 Å². The van der Waals surface area contributed by atoms with Crippen molar-refractivity contribution in [1.29, 1.82) is 0 Å². The van der Waals surface area contributed by atoms with Gasteiger partial charge < -0.3 is 18.0 Å². The van der Waals surface area contributed by atoms with Gasteiger partial charge in [-0.1, -0.05) is 170 Å².